The van der Waals surface area contributed by atoms with Gasteiger partial charge in [0.25, 0.3) is 0 Å². The lowest BCUT2D eigenvalue weighted by molar-refractivity contribution is -0.137. The van der Waals surface area contributed by atoms with Gasteiger partial charge in [0.1, 0.15) is 11.6 Å². The van der Waals surface area contributed by atoms with Crippen LogP contribution in [0.2, 0.25) is 0 Å². The molecule has 0 radical (unpaired) electrons. The Kier molecular flexibility index (Phi) is 3.75. The van der Waals surface area contributed by atoms with Gasteiger partial charge in [0.2, 0.25) is 0 Å². The number of amides is 2. The Morgan fingerprint density at radius 3 is 2.74 bits per heavy atom. The predicted octanol–water partition coefficient (Wildman–Crippen LogP) is 1.64. The Morgan fingerprint density at radius 1 is 1.58 bits per heavy atom. The maximum Gasteiger partial charge on any atom is 0.323 e. The van der Waals surface area contributed by atoms with Crippen LogP contribution in [0.3, 0.4) is 0 Å². The van der Waals surface area contributed by atoms with E-state index in [1.165, 1.54) is 16.2 Å². The van der Waals surface area contributed by atoms with Crippen LogP contribution < -0.4 is 5.32 Å². The summed E-state index contributed by atoms with van der Waals surface area (Å²) in [6, 6.07) is -0.284. The first kappa shape index (κ1) is 13.8. The molecule has 6 nitrogen and oxygen atoms in total. The number of carbonyl (C=O) groups is 2. The number of carboxylic acids is 1. The number of hydrogen-bond acceptors (Lipinski definition) is 4. The number of aromatic nitrogens is 1. The highest BCUT2D eigenvalue weighted by atomic mass is 32.1. The van der Waals surface area contributed by atoms with E-state index in [4.69, 9.17) is 5.11 Å². The number of carboxylic acid groups (broad SMARTS) is 1. The number of urea groups is 1. The highest BCUT2D eigenvalue weighted by Crippen LogP contribution is 2.28. The number of nitrogens with zero attached hydrogens (tertiary/aromatic N) is 2. The van der Waals surface area contributed by atoms with Crippen molar-refractivity contribution in [2.24, 2.45) is 0 Å². The zero-order valence-electron chi connectivity index (χ0n) is 10.9. The molecule has 1 aliphatic rings. The second kappa shape index (κ2) is 5.16. The van der Waals surface area contributed by atoms with Crippen molar-refractivity contribution in [3.05, 3.63) is 16.6 Å². The average molecular weight is 283 g/mol. The summed E-state index contributed by atoms with van der Waals surface area (Å²) in [4.78, 5) is 28.6. The van der Waals surface area contributed by atoms with Crippen LogP contribution >= 0.6 is 11.3 Å². The fraction of sp³-hybridized carbons (Fsp3) is 0.583. The summed E-state index contributed by atoms with van der Waals surface area (Å²) in [7, 11) is 0. The minimum atomic E-state index is -0.992. The Hall–Kier alpha value is -1.63. The van der Waals surface area contributed by atoms with Crippen LogP contribution in [0.15, 0.2) is 11.6 Å². The quantitative estimate of drug-likeness (QED) is 0.860. The molecule has 0 aromatic carbocycles. The molecule has 19 heavy (non-hydrogen) atoms. The summed E-state index contributed by atoms with van der Waals surface area (Å²) >= 11 is 1.46. The van der Waals surface area contributed by atoms with Gasteiger partial charge in [-0.05, 0) is 26.7 Å². The van der Waals surface area contributed by atoms with Crippen molar-refractivity contribution in [1.82, 2.24) is 15.2 Å². The maximum atomic E-state index is 12.2. The molecule has 0 spiro atoms. The first-order valence-corrected chi connectivity index (χ1v) is 6.98. The number of rotatable bonds is 5. The van der Waals surface area contributed by atoms with E-state index in [9.17, 15) is 9.59 Å². The zero-order valence-corrected chi connectivity index (χ0v) is 11.7. The van der Waals surface area contributed by atoms with Crippen LogP contribution in [0, 0.1) is 0 Å². The molecule has 1 saturated carbocycles. The Bertz CT molecular complexity index is 469. The summed E-state index contributed by atoms with van der Waals surface area (Å²) in [6.07, 6.45) is 3.43. The maximum absolute atomic E-state index is 12.2. The Labute approximate surface area is 115 Å². The highest BCUT2D eigenvalue weighted by molar-refractivity contribution is 7.09. The number of hydrogen-bond donors (Lipinski definition) is 2. The molecule has 1 fully saturated rings. The predicted molar refractivity (Wildman–Crippen MR) is 71.0 cm³/mol. The van der Waals surface area contributed by atoms with Crippen molar-refractivity contribution < 1.29 is 14.7 Å². The average Bonchev–Trinajstić information content (AvgIpc) is 2.97. The fourth-order valence-corrected chi connectivity index (χ4v) is 2.54. The summed E-state index contributed by atoms with van der Waals surface area (Å²) in [5.74, 6) is -0.992. The van der Waals surface area contributed by atoms with E-state index in [0.29, 0.717) is 0 Å². The van der Waals surface area contributed by atoms with Crippen molar-refractivity contribution in [3.63, 3.8) is 0 Å². The van der Waals surface area contributed by atoms with Crippen LogP contribution in [0.4, 0.5) is 4.79 Å². The van der Waals surface area contributed by atoms with E-state index in [1.807, 2.05) is 19.2 Å². The first-order chi connectivity index (χ1) is 8.90. The van der Waals surface area contributed by atoms with Gasteiger partial charge in [-0.1, -0.05) is 0 Å². The third-order valence-electron chi connectivity index (χ3n) is 2.94. The molecule has 1 heterocycles. The molecular weight excluding hydrogens is 266 g/mol. The molecule has 0 saturated heterocycles. The number of carbonyl (C=O) groups excluding carboxylic acids is 1. The van der Waals surface area contributed by atoms with Crippen LogP contribution in [-0.2, 0) is 10.3 Å². The third kappa shape index (κ3) is 3.44. The van der Waals surface area contributed by atoms with Crippen molar-refractivity contribution in [1.29, 1.82) is 0 Å². The smallest absolute Gasteiger partial charge is 0.323 e. The molecule has 2 amide bonds. The molecule has 0 unspecified atom stereocenters. The van der Waals surface area contributed by atoms with Gasteiger partial charge in [0, 0.05) is 17.6 Å². The number of thiazole rings is 1. The number of aliphatic carboxylic acids is 1. The fourth-order valence-electron chi connectivity index (χ4n) is 1.82. The van der Waals surface area contributed by atoms with Crippen molar-refractivity contribution in [3.8, 4) is 0 Å². The zero-order chi connectivity index (χ0) is 14.0. The normalized spacial score (nSPS) is 15.1. The van der Waals surface area contributed by atoms with E-state index < -0.39 is 11.5 Å². The minimum absolute atomic E-state index is 0.0585. The standard InChI is InChI=1S/C12H17N3O3S/c1-12(2,10-13-5-6-19-10)14-11(18)15(7-9(16)17)8-3-4-8/h5-6,8H,3-4,7H2,1-2H3,(H,14,18)(H,16,17). The van der Waals surface area contributed by atoms with Crippen LogP contribution in [-0.4, -0.2) is 39.6 Å². The van der Waals surface area contributed by atoms with Gasteiger partial charge >= 0.3 is 12.0 Å². The lowest BCUT2D eigenvalue weighted by atomic mass is 10.1. The van der Waals surface area contributed by atoms with Crippen molar-refractivity contribution >= 4 is 23.3 Å². The lowest BCUT2D eigenvalue weighted by Gasteiger charge is -2.29. The molecule has 2 rings (SSSR count). The molecule has 0 atom stereocenters. The van der Waals surface area contributed by atoms with Gasteiger partial charge in [0.15, 0.2) is 0 Å². The van der Waals surface area contributed by atoms with E-state index in [-0.39, 0.29) is 18.6 Å². The minimum Gasteiger partial charge on any atom is -0.480 e. The van der Waals surface area contributed by atoms with E-state index >= 15 is 0 Å². The topological polar surface area (TPSA) is 82.5 Å². The Balaban J connectivity index is 2.04. The van der Waals surface area contributed by atoms with E-state index in [0.717, 1.165) is 17.8 Å². The monoisotopic (exact) mass is 283 g/mol. The summed E-state index contributed by atoms with van der Waals surface area (Å²) < 4.78 is 0. The summed E-state index contributed by atoms with van der Waals surface area (Å²) in [6.45, 7) is 3.45. The highest BCUT2D eigenvalue weighted by Gasteiger charge is 2.36. The molecule has 2 N–H and O–H groups in total. The van der Waals surface area contributed by atoms with Crippen LogP contribution in [0.1, 0.15) is 31.7 Å². The van der Waals surface area contributed by atoms with Gasteiger partial charge < -0.3 is 15.3 Å². The number of nitrogens with one attached hydrogen (secondary N) is 1. The van der Waals surface area contributed by atoms with Gasteiger partial charge in [-0.25, -0.2) is 9.78 Å². The largest absolute Gasteiger partial charge is 0.480 e. The van der Waals surface area contributed by atoms with E-state index in [2.05, 4.69) is 10.3 Å². The summed E-state index contributed by atoms with van der Waals surface area (Å²) in [5.41, 5.74) is -0.600. The van der Waals surface area contributed by atoms with Crippen molar-refractivity contribution in [2.75, 3.05) is 6.54 Å². The van der Waals surface area contributed by atoms with Gasteiger partial charge in [-0.2, -0.15) is 0 Å². The molecule has 0 bridgehead atoms. The summed E-state index contributed by atoms with van der Waals surface area (Å²) in [5, 5.41) is 14.4. The molecule has 1 aliphatic carbocycles. The van der Waals surface area contributed by atoms with Crippen LogP contribution in [0.5, 0.6) is 0 Å². The SMILES string of the molecule is CC(C)(NC(=O)N(CC(=O)O)C1CC1)c1nccs1. The lowest BCUT2D eigenvalue weighted by Crippen LogP contribution is -2.50. The third-order valence-corrected chi connectivity index (χ3v) is 4.04. The molecular formula is C12H17N3O3S. The second-order valence-corrected chi connectivity index (χ2v) is 6.04. The second-order valence-electron chi connectivity index (χ2n) is 5.15. The molecule has 1 aromatic heterocycles. The molecule has 1 aromatic rings. The molecule has 104 valence electrons. The van der Waals surface area contributed by atoms with Crippen molar-refractivity contribution in [2.45, 2.75) is 38.3 Å². The molecule has 0 aliphatic heterocycles. The van der Waals surface area contributed by atoms with Gasteiger partial charge in [-0.3, -0.25) is 4.79 Å². The first-order valence-electron chi connectivity index (χ1n) is 6.10. The van der Waals surface area contributed by atoms with Gasteiger partial charge in [-0.15, -0.1) is 11.3 Å². The van der Waals surface area contributed by atoms with E-state index in [1.54, 1.807) is 6.20 Å². The molecule has 7 heteroatoms. The van der Waals surface area contributed by atoms with Gasteiger partial charge in [0.05, 0.1) is 5.54 Å². The Morgan fingerprint density at radius 2 is 2.26 bits per heavy atom. The van der Waals surface area contributed by atoms with Crippen LogP contribution in [0.25, 0.3) is 0 Å².